The van der Waals surface area contributed by atoms with Gasteiger partial charge in [-0.15, -0.1) is 11.3 Å². The summed E-state index contributed by atoms with van der Waals surface area (Å²) in [5.74, 6) is 0. The average molecular weight is 453 g/mol. The number of piperazine rings is 1. The van der Waals surface area contributed by atoms with Crippen LogP contribution in [0.3, 0.4) is 0 Å². The molecule has 2 amide bonds. The SMILES string of the molecule is CN1CCN(c2cc3c(cc2Cl)CCN3C(=O)Nc2ccc(-c3cccs3)cc2)CC1. The summed E-state index contributed by atoms with van der Waals surface area (Å²) < 4.78 is 0. The summed E-state index contributed by atoms with van der Waals surface area (Å²) in [5, 5.41) is 5.89. The number of hydrogen-bond acceptors (Lipinski definition) is 4. The van der Waals surface area contributed by atoms with Gasteiger partial charge in [0.15, 0.2) is 0 Å². The summed E-state index contributed by atoms with van der Waals surface area (Å²) in [4.78, 5) is 20.8. The molecule has 7 heteroatoms. The first-order chi connectivity index (χ1) is 15.1. The molecular formula is C24H25ClN4OS. The lowest BCUT2D eigenvalue weighted by molar-refractivity contribution is 0.257. The number of hydrogen-bond donors (Lipinski definition) is 1. The van der Waals surface area contributed by atoms with Crippen molar-refractivity contribution in [2.75, 3.05) is 54.9 Å². The minimum atomic E-state index is -0.103. The molecule has 1 N–H and O–H groups in total. The Hall–Kier alpha value is -2.54. The fraction of sp³-hybridized carbons (Fsp3) is 0.292. The molecule has 0 atom stereocenters. The van der Waals surface area contributed by atoms with Crippen molar-refractivity contribution in [2.45, 2.75) is 6.42 Å². The maximum Gasteiger partial charge on any atom is 0.326 e. The lowest BCUT2D eigenvalue weighted by atomic mass is 10.1. The molecule has 2 aromatic carbocycles. The summed E-state index contributed by atoms with van der Waals surface area (Å²) in [7, 11) is 2.14. The van der Waals surface area contributed by atoms with E-state index in [1.807, 2.05) is 41.3 Å². The Bertz CT molecular complexity index is 1080. The first kappa shape index (κ1) is 20.4. The largest absolute Gasteiger partial charge is 0.368 e. The van der Waals surface area contributed by atoms with Gasteiger partial charge in [-0.3, -0.25) is 4.90 Å². The van der Waals surface area contributed by atoms with E-state index in [0.29, 0.717) is 6.54 Å². The van der Waals surface area contributed by atoms with E-state index in [1.165, 1.54) is 4.88 Å². The fourth-order valence-corrected chi connectivity index (χ4v) is 5.29. The number of benzene rings is 2. The number of nitrogens with one attached hydrogen (secondary N) is 1. The highest BCUT2D eigenvalue weighted by Gasteiger charge is 2.28. The van der Waals surface area contributed by atoms with E-state index < -0.39 is 0 Å². The molecule has 5 rings (SSSR count). The van der Waals surface area contributed by atoms with Gasteiger partial charge in [-0.05, 0) is 60.3 Å². The van der Waals surface area contributed by atoms with Gasteiger partial charge in [0.25, 0.3) is 0 Å². The lowest BCUT2D eigenvalue weighted by Crippen LogP contribution is -2.44. The fourth-order valence-electron chi connectivity index (χ4n) is 4.25. The zero-order valence-electron chi connectivity index (χ0n) is 17.5. The average Bonchev–Trinajstić information content (AvgIpc) is 3.44. The molecule has 0 saturated carbocycles. The van der Waals surface area contributed by atoms with Crippen molar-refractivity contribution in [1.82, 2.24) is 4.90 Å². The standard InChI is InChI=1S/C24H25ClN4OS/c1-27-10-12-28(13-11-27)22-16-21-18(15-20(22)25)8-9-29(21)24(30)26-19-6-4-17(5-7-19)23-3-2-14-31-23/h2-7,14-16H,8-13H2,1H3,(H,26,30). The summed E-state index contributed by atoms with van der Waals surface area (Å²) in [6, 6.07) is 16.2. The van der Waals surface area contributed by atoms with Crippen molar-refractivity contribution < 1.29 is 4.79 Å². The number of thiophene rings is 1. The van der Waals surface area contributed by atoms with Crippen molar-refractivity contribution in [3.8, 4) is 10.4 Å². The summed E-state index contributed by atoms with van der Waals surface area (Å²) in [6.07, 6.45) is 0.822. The van der Waals surface area contributed by atoms with E-state index in [1.54, 1.807) is 11.3 Å². The molecule has 5 nitrogen and oxygen atoms in total. The maximum absolute atomic E-state index is 13.1. The van der Waals surface area contributed by atoms with E-state index in [4.69, 9.17) is 11.6 Å². The van der Waals surface area contributed by atoms with Crippen LogP contribution in [0.5, 0.6) is 0 Å². The monoisotopic (exact) mass is 452 g/mol. The van der Waals surface area contributed by atoms with E-state index in [9.17, 15) is 4.79 Å². The van der Waals surface area contributed by atoms with Crippen LogP contribution < -0.4 is 15.1 Å². The number of carbonyl (C=O) groups excluding carboxylic acids is 1. The topological polar surface area (TPSA) is 38.8 Å². The van der Waals surface area contributed by atoms with E-state index in [2.05, 4.69) is 39.7 Å². The Morgan fingerprint density at radius 2 is 1.77 bits per heavy atom. The molecule has 3 heterocycles. The highest BCUT2D eigenvalue weighted by atomic mass is 35.5. The number of anilines is 3. The second-order valence-corrected chi connectivity index (χ2v) is 9.46. The molecule has 1 aromatic heterocycles. The molecule has 0 bridgehead atoms. The van der Waals surface area contributed by atoms with Crippen LogP contribution in [0.1, 0.15) is 5.56 Å². The molecule has 2 aliphatic heterocycles. The first-order valence-electron chi connectivity index (χ1n) is 10.6. The van der Waals surface area contributed by atoms with Crippen LogP contribution in [-0.2, 0) is 6.42 Å². The molecule has 31 heavy (non-hydrogen) atoms. The van der Waals surface area contributed by atoms with E-state index in [0.717, 1.165) is 65.8 Å². The van der Waals surface area contributed by atoms with Crippen LogP contribution in [0, 0.1) is 0 Å². The van der Waals surface area contributed by atoms with Gasteiger partial charge in [0.2, 0.25) is 0 Å². The van der Waals surface area contributed by atoms with Crippen LogP contribution in [0.15, 0.2) is 53.9 Å². The minimum absolute atomic E-state index is 0.103. The number of carbonyl (C=O) groups is 1. The molecule has 0 unspecified atom stereocenters. The third kappa shape index (κ3) is 4.15. The third-order valence-electron chi connectivity index (χ3n) is 6.07. The number of rotatable bonds is 3. The van der Waals surface area contributed by atoms with Crippen molar-refractivity contribution in [3.63, 3.8) is 0 Å². The Morgan fingerprint density at radius 1 is 1.00 bits per heavy atom. The number of fused-ring (bicyclic) bond motifs is 1. The molecule has 0 spiro atoms. The van der Waals surface area contributed by atoms with Crippen molar-refractivity contribution in [2.24, 2.45) is 0 Å². The lowest BCUT2D eigenvalue weighted by Gasteiger charge is -2.35. The van der Waals surface area contributed by atoms with E-state index in [-0.39, 0.29) is 6.03 Å². The number of amides is 2. The van der Waals surface area contributed by atoms with E-state index >= 15 is 0 Å². The smallest absolute Gasteiger partial charge is 0.326 e. The second-order valence-electron chi connectivity index (χ2n) is 8.11. The van der Waals surface area contributed by atoms with Gasteiger partial charge < -0.3 is 15.1 Å². The van der Waals surface area contributed by atoms with Crippen molar-refractivity contribution >= 4 is 46.0 Å². The number of likely N-dealkylation sites (N-methyl/N-ethyl adjacent to an activating group) is 1. The van der Waals surface area contributed by atoms with Gasteiger partial charge in [0, 0.05) is 43.3 Å². The van der Waals surface area contributed by atoms with Gasteiger partial charge in [0.1, 0.15) is 0 Å². The summed E-state index contributed by atoms with van der Waals surface area (Å²) in [5.41, 5.74) is 5.07. The quantitative estimate of drug-likeness (QED) is 0.577. The molecule has 0 radical (unpaired) electrons. The second kappa shape index (κ2) is 8.54. The third-order valence-corrected chi connectivity index (χ3v) is 7.30. The molecule has 0 aliphatic carbocycles. The highest BCUT2D eigenvalue weighted by molar-refractivity contribution is 7.13. The molecule has 1 fully saturated rings. The van der Waals surface area contributed by atoms with Crippen LogP contribution in [0.25, 0.3) is 10.4 Å². The normalized spacial score (nSPS) is 16.5. The Kier molecular flexibility index (Phi) is 5.61. The Labute approximate surface area is 191 Å². The van der Waals surface area contributed by atoms with Crippen molar-refractivity contribution in [3.05, 3.63) is 64.5 Å². The molecule has 3 aromatic rings. The van der Waals surface area contributed by atoms with Crippen LogP contribution in [0.4, 0.5) is 21.9 Å². The highest BCUT2D eigenvalue weighted by Crippen LogP contribution is 2.38. The van der Waals surface area contributed by atoms with Crippen molar-refractivity contribution in [1.29, 1.82) is 0 Å². The number of halogens is 1. The first-order valence-corrected chi connectivity index (χ1v) is 11.8. The van der Waals surface area contributed by atoms with Crippen LogP contribution >= 0.6 is 22.9 Å². The zero-order chi connectivity index (χ0) is 21.4. The summed E-state index contributed by atoms with van der Waals surface area (Å²) in [6.45, 7) is 4.57. The van der Waals surface area contributed by atoms with Crippen LogP contribution in [0.2, 0.25) is 5.02 Å². The zero-order valence-corrected chi connectivity index (χ0v) is 19.0. The van der Waals surface area contributed by atoms with Gasteiger partial charge in [-0.2, -0.15) is 0 Å². The predicted octanol–water partition coefficient (Wildman–Crippen LogP) is 5.41. The Morgan fingerprint density at radius 3 is 2.48 bits per heavy atom. The maximum atomic E-state index is 13.1. The molecule has 2 aliphatic rings. The van der Waals surface area contributed by atoms with Gasteiger partial charge in [-0.1, -0.05) is 29.8 Å². The molecule has 1 saturated heterocycles. The minimum Gasteiger partial charge on any atom is -0.368 e. The number of urea groups is 1. The number of nitrogens with zero attached hydrogens (tertiary/aromatic N) is 3. The summed E-state index contributed by atoms with van der Waals surface area (Å²) >= 11 is 8.33. The predicted molar refractivity (Wildman–Crippen MR) is 131 cm³/mol. The Balaban J connectivity index is 1.33. The molecular weight excluding hydrogens is 428 g/mol. The van der Waals surface area contributed by atoms with Gasteiger partial charge in [0.05, 0.1) is 16.4 Å². The molecule has 160 valence electrons. The van der Waals surface area contributed by atoms with Gasteiger partial charge in [-0.25, -0.2) is 4.79 Å². The van der Waals surface area contributed by atoms with Gasteiger partial charge >= 0.3 is 6.03 Å². The van der Waals surface area contributed by atoms with Crippen LogP contribution in [-0.4, -0.2) is 50.7 Å².